The number of rotatable bonds is 10. The van der Waals surface area contributed by atoms with Crippen LogP contribution in [0, 0.1) is 0 Å². The van der Waals surface area contributed by atoms with Crippen molar-refractivity contribution in [1.29, 1.82) is 0 Å². The molecule has 11 heteroatoms. The Morgan fingerprint density at radius 1 is 0.944 bits per heavy atom. The molecule has 3 rings (SSSR count). The van der Waals surface area contributed by atoms with Crippen LogP contribution in [-0.4, -0.2) is 75.1 Å². The number of amides is 3. The molecule has 192 valence electrons. The minimum atomic E-state index is -1.22. The van der Waals surface area contributed by atoms with Gasteiger partial charge in [0.2, 0.25) is 17.7 Å². The number of likely N-dealkylation sites (tertiary alicyclic amines) is 1. The van der Waals surface area contributed by atoms with E-state index >= 15 is 0 Å². The molecule has 3 atom stereocenters. The first-order valence-corrected chi connectivity index (χ1v) is 11.6. The molecule has 3 unspecified atom stereocenters. The zero-order chi connectivity index (χ0) is 26.2. The van der Waals surface area contributed by atoms with Crippen molar-refractivity contribution in [2.75, 3.05) is 13.1 Å². The Balaban J connectivity index is 1.53. The van der Waals surface area contributed by atoms with Crippen molar-refractivity contribution in [3.05, 3.63) is 59.7 Å². The van der Waals surface area contributed by atoms with Crippen LogP contribution in [0.25, 0.3) is 0 Å². The van der Waals surface area contributed by atoms with E-state index in [1.54, 1.807) is 24.3 Å². The predicted octanol–water partition coefficient (Wildman–Crippen LogP) is -0.113. The SMILES string of the molecule is NC(Cc1ccc(O)cc1)C(=O)NCC(=O)N1CCCC1C(=O)NC(Cc1ccc(O)cc1)C(=O)O. The van der Waals surface area contributed by atoms with E-state index in [9.17, 15) is 34.5 Å². The second-order valence-electron chi connectivity index (χ2n) is 8.71. The van der Waals surface area contributed by atoms with E-state index in [0.717, 1.165) is 5.56 Å². The quantitative estimate of drug-likeness (QED) is 0.262. The molecule has 1 aliphatic rings. The maximum atomic E-state index is 12.9. The van der Waals surface area contributed by atoms with E-state index in [1.807, 2.05) is 0 Å². The highest BCUT2D eigenvalue weighted by Gasteiger charge is 2.36. The molecule has 1 fully saturated rings. The summed E-state index contributed by atoms with van der Waals surface area (Å²) in [5.74, 6) is -2.66. The molecule has 0 bridgehead atoms. The Bertz CT molecular complexity index is 1090. The lowest BCUT2D eigenvalue weighted by Crippen LogP contribution is -2.53. The first kappa shape index (κ1) is 26.5. The maximum absolute atomic E-state index is 12.9. The van der Waals surface area contributed by atoms with Gasteiger partial charge in [0, 0.05) is 13.0 Å². The molecule has 3 amide bonds. The molecule has 7 N–H and O–H groups in total. The zero-order valence-electron chi connectivity index (χ0n) is 19.6. The lowest BCUT2D eigenvalue weighted by Gasteiger charge is -2.26. The summed E-state index contributed by atoms with van der Waals surface area (Å²) < 4.78 is 0. The van der Waals surface area contributed by atoms with Crippen LogP contribution in [0.3, 0.4) is 0 Å². The van der Waals surface area contributed by atoms with Gasteiger partial charge in [-0.15, -0.1) is 0 Å². The molecule has 36 heavy (non-hydrogen) atoms. The van der Waals surface area contributed by atoms with Crippen molar-refractivity contribution in [1.82, 2.24) is 15.5 Å². The van der Waals surface area contributed by atoms with Gasteiger partial charge >= 0.3 is 5.97 Å². The van der Waals surface area contributed by atoms with Crippen LogP contribution >= 0.6 is 0 Å². The van der Waals surface area contributed by atoms with Crippen LogP contribution in [0.4, 0.5) is 0 Å². The number of phenolic OH excluding ortho intramolecular Hbond substituents is 2. The van der Waals surface area contributed by atoms with Crippen LogP contribution in [0.2, 0.25) is 0 Å². The van der Waals surface area contributed by atoms with Gasteiger partial charge in [-0.3, -0.25) is 14.4 Å². The third-order valence-electron chi connectivity index (χ3n) is 6.01. The number of carbonyl (C=O) groups is 4. The highest BCUT2D eigenvalue weighted by atomic mass is 16.4. The molecular formula is C25H30N4O7. The molecule has 11 nitrogen and oxygen atoms in total. The van der Waals surface area contributed by atoms with E-state index in [1.165, 1.54) is 29.2 Å². The van der Waals surface area contributed by atoms with Gasteiger partial charge in [0.05, 0.1) is 12.6 Å². The number of carboxylic acids is 1. The Labute approximate surface area is 207 Å². The number of nitrogens with one attached hydrogen (secondary N) is 2. The van der Waals surface area contributed by atoms with E-state index in [-0.39, 0.29) is 30.9 Å². The van der Waals surface area contributed by atoms with Crippen molar-refractivity contribution in [2.24, 2.45) is 5.73 Å². The molecule has 2 aromatic rings. The summed E-state index contributed by atoms with van der Waals surface area (Å²) in [6, 6.07) is 9.30. The fourth-order valence-corrected chi connectivity index (χ4v) is 4.05. The topological polar surface area (TPSA) is 182 Å². The summed E-state index contributed by atoms with van der Waals surface area (Å²) in [6.07, 6.45) is 1.16. The fourth-order valence-electron chi connectivity index (χ4n) is 4.05. The normalized spacial score (nSPS) is 16.7. The maximum Gasteiger partial charge on any atom is 0.326 e. The number of carboxylic acid groups (broad SMARTS) is 1. The Hall–Kier alpha value is -4.12. The second kappa shape index (κ2) is 12.0. The summed E-state index contributed by atoms with van der Waals surface area (Å²) in [7, 11) is 0. The van der Waals surface area contributed by atoms with Crippen molar-refractivity contribution >= 4 is 23.7 Å². The van der Waals surface area contributed by atoms with Gasteiger partial charge in [0.15, 0.2) is 0 Å². The van der Waals surface area contributed by atoms with Crippen molar-refractivity contribution in [3.63, 3.8) is 0 Å². The van der Waals surface area contributed by atoms with Crippen LogP contribution in [-0.2, 0) is 32.0 Å². The van der Waals surface area contributed by atoms with Gasteiger partial charge < -0.3 is 36.6 Å². The molecule has 0 saturated carbocycles. The number of benzene rings is 2. The van der Waals surface area contributed by atoms with Gasteiger partial charge in [-0.1, -0.05) is 24.3 Å². The van der Waals surface area contributed by atoms with Crippen molar-refractivity contribution < 1.29 is 34.5 Å². The highest BCUT2D eigenvalue weighted by molar-refractivity contribution is 5.93. The first-order chi connectivity index (χ1) is 17.1. The van der Waals surface area contributed by atoms with E-state index < -0.39 is 41.8 Å². The average Bonchev–Trinajstić information content (AvgIpc) is 3.35. The molecule has 1 saturated heterocycles. The summed E-state index contributed by atoms with van der Waals surface area (Å²) in [5.41, 5.74) is 7.29. The molecule has 0 radical (unpaired) electrons. The van der Waals surface area contributed by atoms with Crippen LogP contribution in [0.5, 0.6) is 11.5 Å². The minimum absolute atomic E-state index is 0.0109. The summed E-state index contributed by atoms with van der Waals surface area (Å²) in [6.45, 7) is -0.0379. The lowest BCUT2D eigenvalue weighted by molar-refractivity contribution is -0.144. The standard InChI is InChI=1S/C25H30N4O7/c26-19(12-15-3-7-17(30)8-4-15)23(33)27-14-22(32)29-11-1-2-21(29)24(34)28-20(25(35)36)13-16-5-9-18(31)10-6-16/h3-10,19-21,30-31H,1-2,11-14,26H2,(H,27,33)(H,28,34)(H,35,36). The van der Waals surface area contributed by atoms with Crippen LogP contribution in [0.1, 0.15) is 24.0 Å². The number of hydrogen-bond donors (Lipinski definition) is 6. The number of nitrogens with zero attached hydrogens (tertiary/aromatic N) is 1. The number of aromatic hydroxyl groups is 2. The zero-order valence-corrected chi connectivity index (χ0v) is 19.6. The molecule has 1 heterocycles. The van der Waals surface area contributed by atoms with Crippen LogP contribution in [0.15, 0.2) is 48.5 Å². The molecule has 0 aliphatic carbocycles. The largest absolute Gasteiger partial charge is 0.508 e. The van der Waals surface area contributed by atoms with E-state index in [4.69, 9.17) is 5.73 Å². The van der Waals surface area contributed by atoms with Gasteiger partial charge in [-0.2, -0.15) is 0 Å². The monoisotopic (exact) mass is 498 g/mol. The third kappa shape index (κ3) is 7.19. The minimum Gasteiger partial charge on any atom is -0.508 e. The van der Waals surface area contributed by atoms with E-state index in [0.29, 0.717) is 24.9 Å². The smallest absolute Gasteiger partial charge is 0.326 e. The summed E-state index contributed by atoms with van der Waals surface area (Å²) in [5, 5.41) is 33.3. The summed E-state index contributed by atoms with van der Waals surface area (Å²) in [4.78, 5) is 51.0. The summed E-state index contributed by atoms with van der Waals surface area (Å²) >= 11 is 0. The van der Waals surface area contributed by atoms with Gasteiger partial charge in [-0.05, 0) is 54.7 Å². The number of aliphatic carboxylic acids is 1. The molecular weight excluding hydrogens is 468 g/mol. The number of hydrogen-bond acceptors (Lipinski definition) is 7. The number of nitrogens with two attached hydrogens (primary N) is 1. The first-order valence-electron chi connectivity index (χ1n) is 11.6. The van der Waals surface area contributed by atoms with Crippen LogP contribution < -0.4 is 16.4 Å². The van der Waals surface area contributed by atoms with Gasteiger partial charge in [-0.25, -0.2) is 4.79 Å². The Kier molecular flexibility index (Phi) is 8.85. The number of phenols is 2. The molecule has 0 spiro atoms. The van der Waals surface area contributed by atoms with Gasteiger partial charge in [0.1, 0.15) is 23.6 Å². The second-order valence-corrected chi connectivity index (χ2v) is 8.71. The highest BCUT2D eigenvalue weighted by Crippen LogP contribution is 2.18. The van der Waals surface area contributed by atoms with Crippen molar-refractivity contribution in [3.8, 4) is 11.5 Å². The van der Waals surface area contributed by atoms with Crippen molar-refractivity contribution in [2.45, 2.75) is 43.8 Å². The Morgan fingerprint density at radius 3 is 2.06 bits per heavy atom. The molecule has 0 aromatic heterocycles. The predicted molar refractivity (Wildman–Crippen MR) is 129 cm³/mol. The average molecular weight is 499 g/mol. The number of carbonyl (C=O) groups excluding carboxylic acids is 3. The third-order valence-corrected chi connectivity index (χ3v) is 6.01. The molecule has 1 aliphatic heterocycles. The fraction of sp³-hybridized carbons (Fsp3) is 0.360. The lowest BCUT2D eigenvalue weighted by atomic mass is 10.0. The molecule has 2 aromatic carbocycles. The Morgan fingerprint density at radius 2 is 1.50 bits per heavy atom. The van der Waals surface area contributed by atoms with E-state index in [2.05, 4.69) is 10.6 Å². The van der Waals surface area contributed by atoms with Gasteiger partial charge in [0.25, 0.3) is 0 Å².